The van der Waals surface area contributed by atoms with E-state index < -0.39 is 0 Å². The molecular weight excluding hydrogens is 532 g/mol. The van der Waals surface area contributed by atoms with Crippen molar-refractivity contribution in [3.8, 4) is 11.3 Å². The molecule has 0 saturated heterocycles. The number of ether oxygens (including phenoxy) is 2. The summed E-state index contributed by atoms with van der Waals surface area (Å²) in [4.78, 5) is 14.0. The van der Waals surface area contributed by atoms with Gasteiger partial charge in [0.2, 0.25) is 5.78 Å². The number of benzene rings is 2. The Labute approximate surface area is 255 Å². The Morgan fingerprint density at radius 1 is 0.767 bits per heavy atom. The van der Waals surface area contributed by atoms with E-state index in [4.69, 9.17) is 13.9 Å². The van der Waals surface area contributed by atoms with Crippen LogP contribution in [0.5, 0.6) is 0 Å². The van der Waals surface area contributed by atoms with E-state index in [2.05, 4.69) is 41.5 Å². The minimum absolute atomic E-state index is 0.0226. The van der Waals surface area contributed by atoms with Gasteiger partial charge < -0.3 is 9.47 Å². The van der Waals surface area contributed by atoms with Gasteiger partial charge in [0.1, 0.15) is 17.3 Å². The molecule has 0 spiro atoms. The van der Waals surface area contributed by atoms with E-state index >= 15 is 0 Å². The highest BCUT2D eigenvalue weighted by atomic mass is 16.5. The van der Waals surface area contributed by atoms with Crippen LogP contribution < -0.4 is 0 Å². The van der Waals surface area contributed by atoms with Crippen LogP contribution in [0.3, 0.4) is 0 Å². The smallest absolute Gasteiger partial charge is 0.360 e. The van der Waals surface area contributed by atoms with Gasteiger partial charge in [0, 0.05) is 17.0 Å². The Kier molecular flexibility index (Phi) is 7.91. The number of allylic oxidation sites excluding steroid dienone is 8. The van der Waals surface area contributed by atoms with E-state index in [1.54, 1.807) is 7.11 Å². The lowest BCUT2D eigenvalue weighted by Crippen LogP contribution is -2.26. The molecule has 1 aromatic heterocycles. The zero-order valence-electron chi connectivity index (χ0n) is 26.7. The summed E-state index contributed by atoms with van der Waals surface area (Å²) in [6, 6.07) is 24.2. The first-order chi connectivity index (χ1) is 20.3. The number of carbonyl (C=O) groups excluding carboxylic acids is 1. The molecule has 0 bridgehead atoms. The summed E-state index contributed by atoms with van der Waals surface area (Å²) in [6.07, 6.45) is 4.06. The summed E-state index contributed by atoms with van der Waals surface area (Å²) < 4.78 is 18.7. The zero-order chi connectivity index (χ0) is 31.1. The maximum absolute atomic E-state index is 14.0. The summed E-state index contributed by atoms with van der Waals surface area (Å²) in [5.74, 6) is 3.80. The first kappa shape index (κ1) is 30.0. The van der Waals surface area contributed by atoms with Crippen molar-refractivity contribution in [2.24, 2.45) is 5.41 Å². The van der Waals surface area contributed by atoms with Crippen molar-refractivity contribution in [2.75, 3.05) is 7.11 Å². The highest BCUT2D eigenvalue weighted by Gasteiger charge is 2.40. The maximum Gasteiger partial charge on any atom is 0.360 e. The van der Waals surface area contributed by atoms with E-state index in [0.717, 1.165) is 56.4 Å². The highest BCUT2D eigenvalue weighted by Crippen LogP contribution is 2.44. The van der Waals surface area contributed by atoms with Gasteiger partial charge in [-0.3, -0.25) is 4.79 Å². The maximum atomic E-state index is 14.0. The lowest BCUT2D eigenvalue weighted by molar-refractivity contribution is -0.113. The van der Waals surface area contributed by atoms with Gasteiger partial charge in [-0.05, 0) is 81.2 Å². The fourth-order valence-electron chi connectivity index (χ4n) is 5.23. The van der Waals surface area contributed by atoms with Crippen LogP contribution in [0.1, 0.15) is 72.3 Å². The Hall–Kier alpha value is -4.44. The molecule has 0 radical (unpaired) electrons. The van der Waals surface area contributed by atoms with Crippen LogP contribution >= 0.6 is 0 Å². The number of hydrogen-bond donors (Lipinski definition) is 0. The van der Waals surface area contributed by atoms with Gasteiger partial charge in [0.25, 0.3) is 0 Å². The molecule has 1 aliphatic carbocycles. The summed E-state index contributed by atoms with van der Waals surface area (Å²) in [5, 5.41) is 0. The van der Waals surface area contributed by atoms with Crippen LogP contribution in [0.4, 0.5) is 0 Å². The molecule has 0 N–H and O–H groups in total. The molecule has 0 atom stereocenters. The van der Waals surface area contributed by atoms with Crippen molar-refractivity contribution in [1.82, 2.24) is 0 Å². The van der Waals surface area contributed by atoms with Gasteiger partial charge in [0.05, 0.1) is 35.3 Å². The molecule has 2 heterocycles. The number of carbonyl (C=O) groups is 1. The lowest BCUT2D eigenvalue weighted by atomic mass is 9.77. The molecule has 0 amide bonds. The Morgan fingerprint density at radius 2 is 1.37 bits per heavy atom. The van der Waals surface area contributed by atoms with Gasteiger partial charge >= 0.3 is 11.5 Å². The quantitative estimate of drug-likeness (QED) is 0.225. The van der Waals surface area contributed by atoms with Crippen molar-refractivity contribution in [3.05, 3.63) is 136 Å². The molecule has 4 heteroatoms. The van der Waals surface area contributed by atoms with E-state index in [1.165, 1.54) is 0 Å². The number of Topliss-reactive ketones (excluding diaryl/α,β-unsaturated/α-hetero) is 1. The van der Waals surface area contributed by atoms with Gasteiger partial charge in [-0.25, -0.2) is 4.42 Å². The van der Waals surface area contributed by atoms with Gasteiger partial charge in [-0.1, -0.05) is 69.3 Å². The SMILES string of the molecule is COC1=C(C(/C)=C2/C=C(c3ccccc3)OC(C(C)(C)C)=C2)C(=O)/C1=C(\C)c1cc(-c2ccccc2)[o+]c(C(C)(C)C)c1. The largest absolute Gasteiger partial charge is 0.495 e. The second-order valence-corrected chi connectivity index (χ2v) is 13.2. The Balaban J connectivity index is 1.66. The predicted molar refractivity (Wildman–Crippen MR) is 175 cm³/mol. The van der Waals surface area contributed by atoms with Crippen LogP contribution in [0, 0.1) is 5.41 Å². The van der Waals surface area contributed by atoms with Crippen molar-refractivity contribution in [1.29, 1.82) is 0 Å². The Bertz CT molecular complexity index is 1730. The summed E-state index contributed by atoms with van der Waals surface area (Å²) in [6.45, 7) is 16.7. The van der Waals surface area contributed by atoms with Gasteiger partial charge in [0.15, 0.2) is 0 Å². The highest BCUT2D eigenvalue weighted by molar-refractivity contribution is 6.25. The monoisotopic (exact) mass is 573 g/mol. The molecule has 0 fully saturated rings. The van der Waals surface area contributed by atoms with E-state index in [-0.39, 0.29) is 16.6 Å². The molecular formula is C39H41O4+. The van der Waals surface area contributed by atoms with Crippen LogP contribution in [-0.4, -0.2) is 12.9 Å². The first-order valence-corrected chi connectivity index (χ1v) is 14.8. The molecule has 3 aromatic rings. The number of rotatable bonds is 5. The van der Waals surface area contributed by atoms with Crippen molar-refractivity contribution in [2.45, 2.75) is 60.8 Å². The van der Waals surface area contributed by atoms with Gasteiger partial charge in [-0.15, -0.1) is 0 Å². The molecule has 2 aromatic carbocycles. The first-order valence-electron chi connectivity index (χ1n) is 14.8. The molecule has 4 nitrogen and oxygen atoms in total. The predicted octanol–water partition coefficient (Wildman–Crippen LogP) is 10.1. The molecule has 1 aliphatic heterocycles. The fourth-order valence-corrected chi connectivity index (χ4v) is 5.23. The van der Waals surface area contributed by atoms with Crippen molar-refractivity contribution in [3.63, 3.8) is 0 Å². The summed E-state index contributed by atoms with van der Waals surface area (Å²) in [7, 11) is 1.63. The van der Waals surface area contributed by atoms with Crippen LogP contribution in [0.25, 0.3) is 22.7 Å². The van der Waals surface area contributed by atoms with E-state index in [9.17, 15) is 4.79 Å². The second kappa shape index (κ2) is 11.3. The third kappa shape index (κ3) is 5.92. The fraction of sp³-hybridized carbons (Fsp3) is 0.282. The van der Waals surface area contributed by atoms with Crippen molar-refractivity contribution < 1.29 is 18.7 Å². The van der Waals surface area contributed by atoms with Crippen LogP contribution in [0.2, 0.25) is 0 Å². The third-order valence-electron chi connectivity index (χ3n) is 7.91. The second-order valence-electron chi connectivity index (χ2n) is 13.2. The zero-order valence-corrected chi connectivity index (χ0v) is 26.7. The minimum Gasteiger partial charge on any atom is -0.495 e. The normalized spacial score (nSPS) is 17.9. The van der Waals surface area contributed by atoms with Crippen LogP contribution in [0.15, 0.2) is 123 Å². The molecule has 0 saturated carbocycles. The average Bonchev–Trinajstić information content (AvgIpc) is 2.99. The standard InChI is InChI=1S/C39H41O4/c1-24(28-20-30(26-16-12-10-13-17-26)42-32(22-28)38(3,4)5)34-36(40)35(37(34)41-9)25(2)29-21-31(27-18-14-11-15-19-27)43-33(23-29)39(6,7)8/h10-23H,1-9H3/q+1. The number of ketones is 1. The molecule has 5 rings (SSSR count). The summed E-state index contributed by atoms with van der Waals surface area (Å²) in [5.41, 5.74) is 6.32. The Morgan fingerprint density at radius 3 is 1.93 bits per heavy atom. The van der Waals surface area contributed by atoms with Gasteiger partial charge in [-0.2, -0.15) is 0 Å². The minimum atomic E-state index is -0.219. The molecule has 0 unspecified atom stereocenters. The number of methoxy groups -OCH3 is 1. The summed E-state index contributed by atoms with van der Waals surface area (Å²) >= 11 is 0. The van der Waals surface area contributed by atoms with Crippen LogP contribution in [-0.2, 0) is 19.7 Å². The average molecular weight is 574 g/mol. The van der Waals surface area contributed by atoms with E-state index in [0.29, 0.717) is 16.9 Å². The lowest BCUT2D eigenvalue weighted by Gasteiger charge is -2.30. The molecule has 2 aliphatic rings. The molecule has 220 valence electrons. The molecule has 43 heavy (non-hydrogen) atoms. The topological polar surface area (TPSA) is 46.8 Å². The number of hydrogen-bond acceptors (Lipinski definition) is 3. The van der Waals surface area contributed by atoms with E-state index in [1.807, 2.05) is 98.8 Å². The van der Waals surface area contributed by atoms with Crippen molar-refractivity contribution >= 4 is 17.1 Å². The third-order valence-corrected chi connectivity index (χ3v) is 7.91.